The zero-order chi connectivity index (χ0) is 19.0. The minimum atomic E-state index is -1.18. The van der Waals surface area contributed by atoms with E-state index < -0.39 is 10.6 Å². The molecule has 0 unspecified atom stereocenters. The molecule has 0 bridgehead atoms. The van der Waals surface area contributed by atoms with Gasteiger partial charge in [-0.25, -0.2) is 9.48 Å². The number of rotatable bonds is 3. The number of benzene rings is 2. The van der Waals surface area contributed by atoms with Crippen LogP contribution in [0, 0.1) is 17.0 Å². The molecule has 2 aliphatic rings. The third kappa shape index (κ3) is 3.10. The highest BCUT2D eigenvalue weighted by atomic mass is 16.6. The van der Waals surface area contributed by atoms with Gasteiger partial charge in [0.25, 0.3) is 17.2 Å². The largest absolute Gasteiger partial charge is 0.346 e. The fraction of sp³-hybridized carbons (Fsp3) is 0.381. The van der Waals surface area contributed by atoms with Crippen LogP contribution >= 0.6 is 0 Å². The van der Waals surface area contributed by atoms with Gasteiger partial charge in [0, 0.05) is 24.1 Å². The van der Waals surface area contributed by atoms with Crippen molar-refractivity contribution >= 4 is 17.2 Å². The third-order valence-electron chi connectivity index (χ3n) is 5.62. The molecule has 2 aromatic carbocycles. The van der Waals surface area contributed by atoms with Crippen LogP contribution in [0.2, 0.25) is 0 Å². The van der Waals surface area contributed by atoms with Crippen LogP contribution in [0.5, 0.6) is 0 Å². The van der Waals surface area contributed by atoms with E-state index >= 15 is 0 Å². The summed E-state index contributed by atoms with van der Waals surface area (Å²) in [6, 6.07) is 14.7. The normalized spacial score (nSPS) is 22.5. The van der Waals surface area contributed by atoms with E-state index in [1.54, 1.807) is 12.1 Å². The number of anilines is 1. The molecule has 0 saturated heterocycles. The van der Waals surface area contributed by atoms with Crippen molar-refractivity contribution in [2.45, 2.75) is 38.3 Å². The summed E-state index contributed by atoms with van der Waals surface area (Å²) < 4.78 is 2.10. The number of non-ortho nitro benzene ring substituents is 1. The SMILES string of the molecule is Cc1ccc(N2C[C@](O)(c3ccc([N+](=O)[O-])cc3)[N+]3=C2CCCCC3)cc1. The first kappa shape index (κ1) is 17.7. The molecule has 0 amide bonds. The lowest BCUT2D eigenvalue weighted by Crippen LogP contribution is -2.41. The van der Waals surface area contributed by atoms with Crippen LogP contribution in [-0.4, -0.2) is 33.5 Å². The van der Waals surface area contributed by atoms with Crippen molar-refractivity contribution in [1.82, 2.24) is 0 Å². The second kappa shape index (κ2) is 6.78. The van der Waals surface area contributed by atoms with E-state index in [9.17, 15) is 15.2 Å². The second-order valence-electron chi connectivity index (χ2n) is 7.42. The minimum Gasteiger partial charge on any atom is -0.346 e. The predicted molar refractivity (Wildman–Crippen MR) is 104 cm³/mol. The Morgan fingerprint density at radius 2 is 1.78 bits per heavy atom. The van der Waals surface area contributed by atoms with Gasteiger partial charge < -0.3 is 5.11 Å². The lowest BCUT2D eigenvalue weighted by atomic mass is 10.0. The highest BCUT2D eigenvalue weighted by Crippen LogP contribution is 2.35. The first-order chi connectivity index (χ1) is 13.0. The summed E-state index contributed by atoms with van der Waals surface area (Å²) in [5.74, 6) is 1.14. The average molecular weight is 366 g/mol. The van der Waals surface area contributed by atoms with Crippen LogP contribution in [0.3, 0.4) is 0 Å². The number of β-amino-alcohol motifs (C(OH)–C–C–N with tert-alkyl or cyclic N) is 1. The van der Waals surface area contributed by atoms with Gasteiger partial charge in [0.15, 0.2) is 6.54 Å². The van der Waals surface area contributed by atoms with Crippen LogP contribution in [-0.2, 0) is 5.72 Å². The van der Waals surface area contributed by atoms with Crippen molar-refractivity contribution in [2.24, 2.45) is 0 Å². The molecule has 0 aliphatic carbocycles. The topological polar surface area (TPSA) is 69.6 Å². The summed E-state index contributed by atoms with van der Waals surface area (Å²) in [6.45, 7) is 3.26. The van der Waals surface area contributed by atoms with Crippen molar-refractivity contribution in [3.8, 4) is 0 Å². The van der Waals surface area contributed by atoms with E-state index in [1.807, 2.05) is 0 Å². The summed E-state index contributed by atoms with van der Waals surface area (Å²) in [4.78, 5) is 12.8. The van der Waals surface area contributed by atoms with Gasteiger partial charge in [-0.15, -0.1) is 0 Å². The summed E-state index contributed by atoms with van der Waals surface area (Å²) in [5.41, 5.74) is 1.82. The Morgan fingerprint density at radius 1 is 1.07 bits per heavy atom. The van der Waals surface area contributed by atoms with Gasteiger partial charge in [-0.3, -0.25) is 10.1 Å². The van der Waals surface area contributed by atoms with Gasteiger partial charge in [-0.1, -0.05) is 17.7 Å². The summed E-state index contributed by atoms with van der Waals surface area (Å²) >= 11 is 0. The maximum atomic E-state index is 11.7. The van der Waals surface area contributed by atoms with Gasteiger partial charge in [-0.2, -0.15) is 0 Å². The van der Waals surface area contributed by atoms with Crippen molar-refractivity contribution < 1.29 is 14.6 Å². The van der Waals surface area contributed by atoms with Gasteiger partial charge in [0.1, 0.15) is 5.69 Å². The average Bonchev–Trinajstić information content (AvgIpc) is 2.83. The molecule has 6 heteroatoms. The Kier molecular flexibility index (Phi) is 4.44. The quantitative estimate of drug-likeness (QED) is 0.512. The van der Waals surface area contributed by atoms with Crippen LogP contribution < -0.4 is 4.90 Å². The lowest BCUT2D eigenvalue weighted by Gasteiger charge is -2.23. The Morgan fingerprint density at radius 3 is 2.44 bits per heavy atom. The Balaban J connectivity index is 1.77. The molecule has 0 aromatic heterocycles. The van der Waals surface area contributed by atoms with E-state index in [2.05, 4.69) is 40.7 Å². The zero-order valence-electron chi connectivity index (χ0n) is 15.5. The maximum Gasteiger partial charge on any atom is 0.271 e. The summed E-state index contributed by atoms with van der Waals surface area (Å²) in [7, 11) is 0. The number of nitrogens with zero attached hydrogens (tertiary/aromatic N) is 3. The molecule has 0 fully saturated rings. The molecule has 1 atom stereocenters. The number of aryl methyl sites for hydroxylation is 1. The molecule has 140 valence electrons. The molecule has 0 spiro atoms. The molecule has 2 heterocycles. The number of nitro groups is 1. The van der Waals surface area contributed by atoms with Gasteiger partial charge in [-0.05, 0) is 50.5 Å². The molecule has 2 aromatic rings. The number of nitro benzene ring substituents is 1. The number of hydrogen-bond acceptors (Lipinski definition) is 4. The van der Waals surface area contributed by atoms with Crippen LogP contribution in [0.25, 0.3) is 0 Å². The first-order valence-electron chi connectivity index (χ1n) is 9.44. The molecular weight excluding hydrogens is 342 g/mol. The molecule has 27 heavy (non-hydrogen) atoms. The molecule has 2 aliphatic heterocycles. The predicted octanol–water partition coefficient (Wildman–Crippen LogP) is 3.55. The summed E-state index contributed by atoms with van der Waals surface area (Å²) in [5, 5.41) is 22.7. The van der Waals surface area contributed by atoms with E-state index in [1.165, 1.54) is 17.7 Å². The number of hydrogen-bond donors (Lipinski definition) is 1. The number of aliphatic hydroxyl groups is 1. The molecule has 1 N–H and O–H groups in total. The van der Waals surface area contributed by atoms with Crippen LogP contribution in [0.4, 0.5) is 11.4 Å². The standard InChI is InChI=1S/C21H24N3O3/c1-16-6-10-18(11-7-16)22-15-21(25,23-14-4-2-3-5-20(22)23)17-8-12-19(13-9-17)24(26)27/h6-13,25H,2-5,14-15H2,1H3/q+1/t21-/m0/s1. The monoisotopic (exact) mass is 366 g/mol. The number of amidine groups is 1. The van der Waals surface area contributed by atoms with E-state index in [0.717, 1.165) is 43.8 Å². The third-order valence-corrected chi connectivity index (χ3v) is 5.62. The fourth-order valence-corrected chi connectivity index (χ4v) is 4.13. The van der Waals surface area contributed by atoms with Gasteiger partial charge >= 0.3 is 0 Å². The molecular formula is C21H24N3O3+. The van der Waals surface area contributed by atoms with Crippen molar-refractivity contribution in [3.05, 3.63) is 69.8 Å². The lowest BCUT2D eigenvalue weighted by molar-refractivity contribution is -0.658. The summed E-state index contributed by atoms with van der Waals surface area (Å²) in [6.07, 6.45) is 4.19. The molecule has 0 radical (unpaired) electrons. The second-order valence-corrected chi connectivity index (χ2v) is 7.42. The highest BCUT2D eigenvalue weighted by Gasteiger charge is 2.52. The van der Waals surface area contributed by atoms with Crippen molar-refractivity contribution in [2.75, 3.05) is 18.0 Å². The molecule has 4 rings (SSSR count). The fourth-order valence-electron chi connectivity index (χ4n) is 4.13. The molecule has 0 saturated carbocycles. The van der Waals surface area contributed by atoms with Gasteiger partial charge in [0.2, 0.25) is 0 Å². The van der Waals surface area contributed by atoms with E-state index in [4.69, 9.17) is 0 Å². The first-order valence-corrected chi connectivity index (χ1v) is 9.44. The van der Waals surface area contributed by atoms with E-state index in [-0.39, 0.29) is 5.69 Å². The Bertz CT molecular complexity index is 890. The van der Waals surface area contributed by atoms with Crippen molar-refractivity contribution in [3.63, 3.8) is 0 Å². The molecule has 6 nitrogen and oxygen atoms in total. The van der Waals surface area contributed by atoms with Crippen LogP contribution in [0.15, 0.2) is 48.5 Å². The van der Waals surface area contributed by atoms with Gasteiger partial charge in [0.05, 0.1) is 11.5 Å². The zero-order valence-corrected chi connectivity index (χ0v) is 15.5. The Labute approximate surface area is 158 Å². The Hall–Kier alpha value is -2.73. The highest BCUT2D eigenvalue weighted by molar-refractivity contribution is 5.95. The maximum absolute atomic E-state index is 11.7. The minimum absolute atomic E-state index is 0.0378. The van der Waals surface area contributed by atoms with Crippen molar-refractivity contribution in [1.29, 1.82) is 0 Å². The van der Waals surface area contributed by atoms with E-state index in [0.29, 0.717) is 12.1 Å². The van der Waals surface area contributed by atoms with Crippen LogP contribution in [0.1, 0.15) is 36.8 Å². The smallest absolute Gasteiger partial charge is 0.271 e.